The fraction of sp³-hybridized carbons (Fsp3) is 0.500. The van der Waals surface area contributed by atoms with Gasteiger partial charge in [-0.1, -0.05) is 19.1 Å². The number of benzene rings is 1. The van der Waals surface area contributed by atoms with Gasteiger partial charge in [0.25, 0.3) is 0 Å². The third-order valence-corrected chi connectivity index (χ3v) is 3.00. The highest BCUT2D eigenvalue weighted by Gasteiger charge is 2.18. The number of anilines is 1. The van der Waals surface area contributed by atoms with Crippen molar-refractivity contribution >= 4 is 5.69 Å². The molecule has 1 aliphatic heterocycles. The topological polar surface area (TPSA) is 38.0 Å². The Kier molecular flexibility index (Phi) is 2.73. The van der Waals surface area contributed by atoms with Gasteiger partial charge in [-0.15, -0.1) is 0 Å². The van der Waals surface area contributed by atoms with Crippen molar-refractivity contribution in [3.8, 4) is 0 Å². The van der Waals surface area contributed by atoms with Crippen molar-refractivity contribution in [1.82, 2.24) is 5.32 Å². The second-order valence-electron chi connectivity index (χ2n) is 4.31. The largest absolute Gasteiger partial charge is 0.399 e. The zero-order chi connectivity index (χ0) is 9.97. The van der Waals surface area contributed by atoms with E-state index >= 15 is 0 Å². The van der Waals surface area contributed by atoms with Crippen molar-refractivity contribution in [2.24, 2.45) is 5.92 Å². The maximum absolute atomic E-state index is 5.66. The van der Waals surface area contributed by atoms with Crippen LogP contribution in [-0.2, 0) is 0 Å². The molecule has 1 aromatic rings. The van der Waals surface area contributed by atoms with E-state index in [4.69, 9.17) is 5.73 Å². The van der Waals surface area contributed by atoms with E-state index < -0.39 is 0 Å². The summed E-state index contributed by atoms with van der Waals surface area (Å²) in [4.78, 5) is 0. The number of nitrogens with one attached hydrogen (secondary N) is 1. The molecule has 0 aliphatic carbocycles. The molecule has 0 radical (unpaired) electrons. The Labute approximate surface area is 85.5 Å². The Balaban J connectivity index is 2.05. The molecule has 1 aromatic carbocycles. The number of piperidine rings is 1. The molecule has 0 saturated carbocycles. The summed E-state index contributed by atoms with van der Waals surface area (Å²) in [6.07, 6.45) is 2.56. The molecule has 1 saturated heterocycles. The lowest BCUT2D eigenvalue weighted by atomic mass is 9.92. The first-order chi connectivity index (χ1) is 6.75. The first kappa shape index (κ1) is 9.53. The average molecular weight is 190 g/mol. The van der Waals surface area contributed by atoms with Crippen LogP contribution in [0, 0.1) is 5.92 Å². The summed E-state index contributed by atoms with van der Waals surface area (Å²) in [7, 11) is 0. The molecule has 0 spiro atoms. The number of nitrogens with two attached hydrogens (primary N) is 1. The lowest BCUT2D eigenvalue weighted by Crippen LogP contribution is -2.31. The molecular weight excluding hydrogens is 172 g/mol. The molecule has 1 heterocycles. The van der Waals surface area contributed by atoms with E-state index in [0.717, 1.165) is 18.2 Å². The Morgan fingerprint density at radius 1 is 1.21 bits per heavy atom. The predicted molar refractivity (Wildman–Crippen MR) is 60.0 cm³/mol. The smallest absolute Gasteiger partial charge is 0.0320 e. The number of hydrogen-bond acceptors (Lipinski definition) is 2. The normalized spacial score (nSPS) is 27.5. The molecule has 76 valence electrons. The molecular formula is C12H18N2. The minimum absolute atomic E-state index is 0.534. The van der Waals surface area contributed by atoms with E-state index in [2.05, 4.69) is 24.4 Å². The molecule has 0 aromatic heterocycles. The summed E-state index contributed by atoms with van der Waals surface area (Å²) in [6.45, 7) is 3.43. The molecule has 0 amide bonds. The van der Waals surface area contributed by atoms with Gasteiger partial charge < -0.3 is 11.1 Å². The van der Waals surface area contributed by atoms with Crippen LogP contribution >= 0.6 is 0 Å². The number of rotatable bonds is 1. The van der Waals surface area contributed by atoms with Crippen molar-refractivity contribution in [1.29, 1.82) is 0 Å². The lowest BCUT2D eigenvalue weighted by molar-refractivity contribution is 0.333. The van der Waals surface area contributed by atoms with Crippen molar-refractivity contribution in [3.63, 3.8) is 0 Å². The fourth-order valence-corrected chi connectivity index (χ4v) is 2.01. The van der Waals surface area contributed by atoms with Crippen LogP contribution in [-0.4, -0.2) is 6.54 Å². The van der Waals surface area contributed by atoms with Gasteiger partial charge in [0.2, 0.25) is 0 Å². The van der Waals surface area contributed by atoms with Crippen molar-refractivity contribution in [3.05, 3.63) is 29.8 Å². The van der Waals surface area contributed by atoms with E-state index in [1.807, 2.05) is 12.1 Å². The third-order valence-electron chi connectivity index (χ3n) is 3.00. The lowest BCUT2D eigenvalue weighted by Gasteiger charge is -2.28. The Hall–Kier alpha value is -1.02. The Morgan fingerprint density at radius 2 is 1.93 bits per heavy atom. The summed E-state index contributed by atoms with van der Waals surface area (Å²) < 4.78 is 0. The molecule has 2 nitrogen and oxygen atoms in total. The average Bonchev–Trinajstić information content (AvgIpc) is 2.21. The van der Waals surface area contributed by atoms with Gasteiger partial charge in [0.15, 0.2) is 0 Å². The van der Waals surface area contributed by atoms with Crippen LogP contribution < -0.4 is 11.1 Å². The van der Waals surface area contributed by atoms with Crippen LogP contribution in [0.3, 0.4) is 0 Å². The SMILES string of the molecule is CC1CCC(c2ccc(N)cc2)NC1. The van der Waals surface area contributed by atoms with Crippen LogP contribution in [0.25, 0.3) is 0 Å². The van der Waals surface area contributed by atoms with Gasteiger partial charge in [-0.05, 0) is 43.0 Å². The number of nitrogen functional groups attached to an aromatic ring is 1. The van der Waals surface area contributed by atoms with Crippen LogP contribution in [0.1, 0.15) is 31.4 Å². The Bertz CT molecular complexity index is 284. The highest BCUT2D eigenvalue weighted by atomic mass is 14.9. The third kappa shape index (κ3) is 2.07. The molecule has 3 N–H and O–H groups in total. The minimum Gasteiger partial charge on any atom is -0.399 e. The van der Waals surface area contributed by atoms with Crippen molar-refractivity contribution in [2.75, 3.05) is 12.3 Å². The van der Waals surface area contributed by atoms with Gasteiger partial charge in [0.1, 0.15) is 0 Å². The molecule has 2 atom stereocenters. The van der Waals surface area contributed by atoms with Crippen LogP contribution in [0.2, 0.25) is 0 Å². The second-order valence-corrected chi connectivity index (χ2v) is 4.31. The van der Waals surface area contributed by atoms with Gasteiger partial charge in [-0.2, -0.15) is 0 Å². The van der Waals surface area contributed by atoms with E-state index in [0.29, 0.717) is 6.04 Å². The molecule has 2 unspecified atom stereocenters. The van der Waals surface area contributed by atoms with Gasteiger partial charge in [-0.3, -0.25) is 0 Å². The Morgan fingerprint density at radius 3 is 2.50 bits per heavy atom. The van der Waals surface area contributed by atoms with Gasteiger partial charge in [0.05, 0.1) is 0 Å². The zero-order valence-corrected chi connectivity index (χ0v) is 8.66. The summed E-state index contributed by atoms with van der Waals surface area (Å²) >= 11 is 0. The van der Waals surface area contributed by atoms with E-state index in [1.54, 1.807) is 0 Å². The van der Waals surface area contributed by atoms with Crippen LogP contribution in [0.4, 0.5) is 5.69 Å². The highest BCUT2D eigenvalue weighted by Crippen LogP contribution is 2.25. The van der Waals surface area contributed by atoms with E-state index in [-0.39, 0.29) is 0 Å². The summed E-state index contributed by atoms with van der Waals surface area (Å²) in [5, 5.41) is 3.56. The monoisotopic (exact) mass is 190 g/mol. The van der Waals surface area contributed by atoms with E-state index in [1.165, 1.54) is 18.4 Å². The molecule has 1 aliphatic rings. The van der Waals surface area contributed by atoms with Crippen LogP contribution in [0.15, 0.2) is 24.3 Å². The molecule has 2 heteroatoms. The number of hydrogen-bond donors (Lipinski definition) is 2. The van der Waals surface area contributed by atoms with Gasteiger partial charge in [-0.25, -0.2) is 0 Å². The summed E-state index contributed by atoms with van der Waals surface area (Å²) in [6, 6.07) is 8.75. The second kappa shape index (κ2) is 4.01. The molecule has 2 rings (SSSR count). The summed E-state index contributed by atoms with van der Waals surface area (Å²) in [5.41, 5.74) is 7.87. The highest BCUT2D eigenvalue weighted by molar-refractivity contribution is 5.40. The molecule has 1 fully saturated rings. The minimum atomic E-state index is 0.534. The van der Waals surface area contributed by atoms with E-state index in [9.17, 15) is 0 Å². The van der Waals surface area contributed by atoms with Crippen molar-refractivity contribution < 1.29 is 0 Å². The zero-order valence-electron chi connectivity index (χ0n) is 8.66. The fourth-order valence-electron chi connectivity index (χ4n) is 2.01. The van der Waals surface area contributed by atoms with Crippen LogP contribution in [0.5, 0.6) is 0 Å². The summed E-state index contributed by atoms with van der Waals surface area (Å²) in [5.74, 6) is 0.819. The first-order valence-electron chi connectivity index (χ1n) is 5.34. The van der Waals surface area contributed by atoms with Gasteiger partial charge >= 0.3 is 0 Å². The van der Waals surface area contributed by atoms with Crippen molar-refractivity contribution in [2.45, 2.75) is 25.8 Å². The maximum atomic E-state index is 5.66. The molecule has 0 bridgehead atoms. The quantitative estimate of drug-likeness (QED) is 0.667. The standard InChI is InChI=1S/C12H18N2/c1-9-2-7-12(14-8-9)10-3-5-11(13)6-4-10/h3-6,9,12,14H,2,7-8,13H2,1H3. The van der Waals surface area contributed by atoms with Gasteiger partial charge in [0, 0.05) is 11.7 Å². The predicted octanol–water partition coefficient (Wildman–Crippen LogP) is 2.33. The molecule has 14 heavy (non-hydrogen) atoms. The first-order valence-corrected chi connectivity index (χ1v) is 5.34. The maximum Gasteiger partial charge on any atom is 0.0320 e.